The number of hydrogen-bond acceptors (Lipinski definition) is 6. The molecule has 0 saturated carbocycles. The van der Waals surface area contributed by atoms with Gasteiger partial charge in [-0.1, -0.05) is 54.6 Å². The van der Waals surface area contributed by atoms with E-state index in [1.165, 1.54) is 11.1 Å². The van der Waals surface area contributed by atoms with Crippen LogP contribution in [0.4, 0.5) is 5.69 Å². The predicted molar refractivity (Wildman–Crippen MR) is 114 cm³/mol. The molecule has 0 amide bonds. The molecule has 1 heterocycles. The number of ketones is 2. The summed E-state index contributed by atoms with van der Waals surface area (Å²) in [6.07, 6.45) is 1.37. The van der Waals surface area contributed by atoms with E-state index in [9.17, 15) is 19.8 Å². The molecule has 6 nitrogen and oxygen atoms in total. The second kappa shape index (κ2) is 6.63. The van der Waals surface area contributed by atoms with Crippen molar-refractivity contribution in [2.45, 2.75) is 11.3 Å². The van der Waals surface area contributed by atoms with Gasteiger partial charge in [-0.25, -0.2) is 0 Å². The summed E-state index contributed by atoms with van der Waals surface area (Å²) in [4.78, 5) is 28.1. The maximum Gasteiger partial charge on any atom is 0.211 e. The lowest BCUT2D eigenvalue weighted by Gasteiger charge is -2.39. The molecule has 0 unspecified atom stereocenters. The number of fused-ring (bicyclic) bond motifs is 3. The molecule has 0 fully saturated rings. The largest absolute Gasteiger partial charge is 0.497 e. The van der Waals surface area contributed by atoms with Crippen LogP contribution in [0.1, 0.15) is 26.3 Å². The van der Waals surface area contributed by atoms with Gasteiger partial charge in [0.25, 0.3) is 0 Å². The molecule has 6 heteroatoms. The molecule has 1 aliphatic carbocycles. The lowest BCUT2D eigenvalue weighted by atomic mass is 9.82. The van der Waals surface area contributed by atoms with Gasteiger partial charge in [0.15, 0.2) is 5.78 Å². The van der Waals surface area contributed by atoms with Crippen LogP contribution < -0.4 is 9.64 Å². The van der Waals surface area contributed by atoms with Gasteiger partial charge in [-0.2, -0.15) is 0 Å². The van der Waals surface area contributed by atoms with E-state index in [1.807, 2.05) is 0 Å². The fourth-order valence-electron chi connectivity index (χ4n) is 4.44. The number of methoxy groups -OCH3 is 1. The maximum absolute atomic E-state index is 13.4. The Balaban J connectivity index is 1.74. The standard InChI is InChI=1S/C25H19NO5/c1-31-18-13-11-17(12-14-18)26-15-21(22(27)16-7-3-2-4-8-16)24(29)23(28)19-9-5-6-10-20(19)25(24,26)30/h2-15,29-30H,1H3/t24-,25+/m0/s1. The quantitative estimate of drug-likeness (QED) is 0.640. The van der Waals surface area contributed by atoms with Gasteiger partial charge in [-0.3, -0.25) is 9.59 Å². The SMILES string of the molecule is COc1ccc(N2C=C(C(=O)c3ccccc3)[C@]3(O)C(=O)c4ccccc4[C@]23O)cc1. The van der Waals surface area contributed by atoms with E-state index in [0.29, 0.717) is 17.0 Å². The highest BCUT2D eigenvalue weighted by Gasteiger charge is 2.71. The molecule has 5 rings (SSSR count). The van der Waals surface area contributed by atoms with Crippen molar-refractivity contribution in [3.63, 3.8) is 0 Å². The zero-order valence-corrected chi connectivity index (χ0v) is 16.6. The summed E-state index contributed by atoms with van der Waals surface area (Å²) in [5.74, 6) is -0.631. The Hall–Kier alpha value is -3.74. The number of carbonyl (C=O) groups excluding carboxylic acids is 2. The Morgan fingerprint density at radius 1 is 0.903 bits per heavy atom. The molecule has 0 saturated heterocycles. The van der Waals surface area contributed by atoms with Crippen LogP contribution in [0.5, 0.6) is 5.75 Å². The van der Waals surface area contributed by atoms with Crippen LogP contribution in [-0.4, -0.2) is 34.5 Å². The minimum atomic E-state index is -2.45. The van der Waals surface area contributed by atoms with Gasteiger partial charge in [0.05, 0.1) is 12.7 Å². The first kappa shape index (κ1) is 19.2. The Labute approximate surface area is 178 Å². The first-order chi connectivity index (χ1) is 14.9. The first-order valence-corrected chi connectivity index (χ1v) is 9.77. The second-order valence-electron chi connectivity index (χ2n) is 7.56. The number of carbonyl (C=O) groups is 2. The third kappa shape index (κ3) is 2.40. The first-order valence-electron chi connectivity index (χ1n) is 9.77. The molecule has 2 N–H and O–H groups in total. The minimum Gasteiger partial charge on any atom is -0.497 e. The molecule has 2 atom stereocenters. The van der Waals surface area contributed by atoms with E-state index in [0.717, 1.165) is 0 Å². The zero-order valence-electron chi connectivity index (χ0n) is 16.6. The number of nitrogens with zero attached hydrogens (tertiary/aromatic N) is 1. The summed E-state index contributed by atoms with van der Waals surface area (Å²) < 4.78 is 5.20. The van der Waals surface area contributed by atoms with Crippen molar-refractivity contribution in [2.75, 3.05) is 12.0 Å². The van der Waals surface area contributed by atoms with Crippen LogP contribution in [-0.2, 0) is 5.72 Å². The molecular weight excluding hydrogens is 394 g/mol. The molecule has 0 aromatic heterocycles. The van der Waals surface area contributed by atoms with Crippen molar-refractivity contribution in [1.29, 1.82) is 0 Å². The highest BCUT2D eigenvalue weighted by atomic mass is 16.5. The van der Waals surface area contributed by atoms with Crippen molar-refractivity contribution in [2.24, 2.45) is 0 Å². The van der Waals surface area contributed by atoms with Crippen LogP contribution in [0.2, 0.25) is 0 Å². The van der Waals surface area contributed by atoms with Crippen LogP contribution in [0.25, 0.3) is 0 Å². The lowest BCUT2D eigenvalue weighted by molar-refractivity contribution is -0.0878. The number of Topliss-reactive ketones (excluding diaryl/α,β-unsaturated/α-hetero) is 2. The fraction of sp³-hybridized carbons (Fsp3) is 0.120. The summed E-state index contributed by atoms with van der Waals surface area (Å²) >= 11 is 0. The van der Waals surface area contributed by atoms with Gasteiger partial charge >= 0.3 is 0 Å². The average Bonchev–Trinajstić information content (AvgIpc) is 3.16. The number of rotatable bonds is 4. The maximum atomic E-state index is 13.4. The van der Waals surface area contributed by atoms with Crippen molar-refractivity contribution in [1.82, 2.24) is 0 Å². The van der Waals surface area contributed by atoms with E-state index in [2.05, 4.69) is 0 Å². The van der Waals surface area contributed by atoms with E-state index in [-0.39, 0.29) is 16.7 Å². The van der Waals surface area contributed by atoms with E-state index in [1.54, 1.807) is 86.0 Å². The minimum absolute atomic E-state index is 0.178. The van der Waals surface area contributed by atoms with Gasteiger partial charge in [0.1, 0.15) is 5.75 Å². The Morgan fingerprint density at radius 3 is 2.23 bits per heavy atom. The van der Waals surface area contributed by atoms with Crippen LogP contribution >= 0.6 is 0 Å². The smallest absolute Gasteiger partial charge is 0.211 e. The number of benzene rings is 3. The summed E-state index contributed by atoms with van der Waals surface area (Å²) in [7, 11) is 1.54. The lowest BCUT2D eigenvalue weighted by Crippen LogP contribution is -2.57. The molecule has 2 aliphatic rings. The van der Waals surface area contributed by atoms with Gasteiger partial charge in [0, 0.05) is 28.6 Å². The van der Waals surface area contributed by atoms with E-state index < -0.39 is 22.9 Å². The highest BCUT2D eigenvalue weighted by Crippen LogP contribution is 2.56. The average molecular weight is 413 g/mol. The van der Waals surface area contributed by atoms with Crippen LogP contribution in [0, 0.1) is 0 Å². The van der Waals surface area contributed by atoms with Crippen molar-refractivity contribution >= 4 is 17.3 Å². The van der Waals surface area contributed by atoms with Crippen LogP contribution in [0.3, 0.4) is 0 Å². The molecule has 1 aliphatic heterocycles. The van der Waals surface area contributed by atoms with E-state index >= 15 is 0 Å². The van der Waals surface area contributed by atoms with Gasteiger partial charge in [-0.05, 0) is 24.3 Å². The van der Waals surface area contributed by atoms with Gasteiger partial charge in [0.2, 0.25) is 17.1 Å². The number of anilines is 1. The number of aliphatic hydroxyl groups is 2. The third-order valence-electron chi connectivity index (χ3n) is 6.01. The summed E-state index contributed by atoms with van der Waals surface area (Å²) in [6, 6.07) is 21.6. The van der Waals surface area contributed by atoms with Gasteiger partial charge < -0.3 is 19.8 Å². The summed E-state index contributed by atoms with van der Waals surface area (Å²) in [6.45, 7) is 0. The van der Waals surface area contributed by atoms with Crippen molar-refractivity contribution in [3.8, 4) is 5.75 Å². The monoisotopic (exact) mass is 413 g/mol. The molecule has 3 aromatic carbocycles. The van der Waals surface area contributed by atoms with Crippen LogP contribution in [0.15, 0.2) is 90.6 Å². The molecule has 0 spiro atoms. The second-order valence-corrected chi connectivity index (χ2v) is 7.56. The zero-order chi connectivity index (χ0) is 21.8. The molecule has 0 radical (unpaired) electrons. The number of ether oxygens (including phenoxy) is 1. The van der Waals surface area contributed by atoms with Crippen molar-refractivity contribution in [3.05, 3.63) is 107 Å². The summed E-state index contributed by atoms with van der Waals surface area (Å²) in [5, 5.41) is 23.7. The van der Waals surface area contributed by atoms with E-state index in [4.69, 9.17) is 4.74 Å². The molecule has 3 aromatic rings. The fourth-order valence-corrected chi connectivity index (χ4v) is 4.44. The summed E-state index contributed by atoms with van der Waals surface area (Å²) in [5.41, 5.74) is -3.59. The Morgan fingerprint density at radius 2 is 1.55 bits per heavy atom. The normalized spacial score (nSPS) is 23.9. The molecule has 0 bridgehead atoms. The predicted octanol–water partition coefficient (Wildman–Crippen LogP) is 3.05. The Kier molecular flexibility index (Phi) is 4.12. The number of hydrogen-bond donors (Lipinski definition) is 2. The highest BCUT2D eigenvalue weighted by molar-refractivity contribution is 6.22. The molecular formula is C25H19NO5. The van der Waals surface area contributed by atoms with Gasteiger partial charge in [-0.15, -0.1) is 0 Å². The molecule has 154 valence electrons. The molecule has 31 heavy (non-hydrogen) atoms. The topological polar surface area (TPSA) is 87.1 Å². The Bertz CT molecular complexity index is 1230. The third-order valence-corrected chi connectivity index (χ3v) is 6.01. The van der Waals surface area contributed by atoms with Crippen molar-refractivity contribution < 1.29 is 24.5 Å².